The molecular formula is C21H30N2O6. The molecule has 8 nitrogen and oxygen atoms in total. The molecule has 0 N–H and O–H groups in total. The van der Waals surface area contributed by atoms with Crippen molar-refractivity contribution >= 4 is 24.2 Å². The first-order valence-corrected chi connectivity index (χ1v) is 9.24. The number of carbonyl (C=O) groups is 3. The number of amides is 2. The van der Waals surface area contributed by atoms with Crippen LogP contribution < -0.4 is 0 Å². The largest absolute Gasteiger partial charge is 0.467 e. The van der Waals surface area contributed by atoms with Crippen molar-refractivity contribution in [3.8, 4) is 0 Å². The van der Waals surface area contributed by atoms with Gasteiger partial charge in [0.25, 0.3) is 0 Å². The summed E-state index contributed by atoms with van der Waals surface area (Å²) >= 11 is 0. The van der Waals surface area contributed by atoms with Crippen LogP contribution in [0.4, 0.5) is 9.59 Å². The second-order valence-corrected chi connectivity index (χ2v) is 8.26. The van der Waals surface area contributed by atoms with E-state index in [0.717, 1.165) is 0 Å². The highest BCUT2D eigenvalue weighted by molar-refractivity contribution is 5.94. The Kier molecular flexibility index (Phi) is 8.36. The standard InChI is InChI=1S/C21H30N2O6/c1-20(2,3)28-18(25)23(19(26)29-21(4,5)6)16(17(24)27-7)13-10-12-15-11-8-9-14-22-15/h8-12,14,16H,13H2,1-7H3/b12-10+. The van der Waals surface area contributed by atoms with Gasteiger partial charge in [-0.3, -0.25) is 4.98 Å². The topological polar surface area (TPSA) is 95.0 Å². The van der Waals surface area contributed by atoms with E-state index in [9.17, 15) is 14.4 Å². The lowest BCUT2D eigenvalue weighted by atomic mass is 10.1. The van der Waals surface area contributed by atoms with Crippen LogP contribution in [0.2, 0.25) is 0 Å². The van der Waals surface area contributed by atoms with Crippen LogP contribution in [0.3, 0.4) is 0 Å². The predicted molar refractivity (Wildman–Crippen MR) is 108 cm³/mol. The van der Waals surface area contributed by atoms with Gasteiger partial charge in [0.2, 0.25) is 0 Å². The highest BCUT2D eigenvalue weighted by Crippen LogP contribution is 2.19. The molecule has 1 atom stereocenters. The van der Waals surface area contributed by atoms with Crippen molar-refractivity contribution in [1.82, 2.24) is 9.88 Å². The molecule has 0 radical (unpaired) electrons. The first-order chi connectivity index (χ1) is 13.3. The summed E-state index contributed by atoms with van der Waals surface area (Å²) in [4.78, 5) is 42.7. The minimum absolute atomic E-state index is 0.00172. The quantitative estimate of drug-likeness (QED) is 0.534. The molecule has 0 bridgehead atoms. The third kappa shape index (κ3) is 8.76. The van der Waals surface area contributed by atoms with E-state index in [1.165, 1.54) is 7.11 Å². The molecule has 8 heteroatoms. The lowest BCUT2D eigenvalue weighted by molar-refractivity contribution is -0.146. The van der Waals surface area contributed by atoms with Crippen molar-refractivity contribution < 1.29 is 28.6 Å². The Hall–Kier alpha value is -2.90. The smallest absolute Gasteiger partial charge is 0.420 e. The number of methoxy groups -OCH3 is 1. The summed E-state index contributed by atoms with van der Waals surface area (Å²) in [6, 6.07) is 4.12. The van der Waals surface area contributed by atoms with Gasteiger partial charge in [0, 0.05) is 6.20 Å². The molecule has 1 heterocycles. The minimum atomic E-state index is -1.26. The zero-order valence-corrected chi connectivity index (χ0v) is 18.1. The molecule has 0 spiro atoms. The molecule has 29 heavy (non-hydrogen) atoms. The molecule has 0 aromatic carbocycles. The average Bonchev–Trinajstić information content (AvgIpc) is 2.57. The number of hydrogen-bond acceptors (Lipinski definition) is 7. The van der Waals surface area contributed by atoms with Crippen LogP contribution in [0.1, 0.15) is 53.7 Å². The second kappa shape index (κ2) is 10.0. The van der Waals surface area contributed by atoms with Crippen LogP contribution in [-0.4, -0.2) is 52.4 Å². The number of pyridine rings is 1. The maximum Gasteiger partial charge on any atom is 0.420 e. The SMILES string of the molecule is COC(=O)C(C/C=C/c1ccccn1)N(C(=O)OC(C)(C)C)C(=O)OC(C)(C)C. The van der Waals surface area contributed by atoms with Crippen molar-refractivity contribution in [3.05, 3.63) is 36.2 Å². The van der Waals surface area contributed by atoms with Crippen molar-refractivity contribution in [2.45, 2.75) is 65.2 Å². The van der Waals surface area contributed by atoms with E-state index >= 15 is 0 Å². The van der Waals surface area contributed by atoms with Crippen LogP contribution in [0, 0.1) is 0 Å². The van der Waals surface area contributed by atoms with Crippen molar-refractivity contribution in [2.75, 3.05) is 7.11 Å². The highest BCUT2D eigenvalue weighted by atomic mass is 16.6. The fraction of sp³-hybridized carbons (Fsp3) is 0.524. The molecule has 1 aromatic rings. The van der Waals surface area contributed by atoms with Crippen LogP contribution in [0.5, 0.6) is 0 Å². The molecule has 2 amide bonds. The molecule has 0 saturated carbocycles. The average molecular weight is 406 g/mol. The fourth-order valence-electron chi connectivity index (χ4n) is 2.19. The Morgan fingerprint density at radius 3 is 2.00 bits per heavy atom. The van der Waals surface area contributed by atoms with E-state index in [1.54, 1.807) is 72.0 Å². The molecule has 0 saturated heterocycles. The number of imide groups is 1. The number of hydrogen-bond donors (Lipinski definition) is 0. The zero-order chi connectivity index (χ0) is 22.2. The van der Waals surface area contributed by atoms with Gasteiger partial charge in [0.05, 0.1) is 12.8 Å². The first kappa shape index (κ1) is 24.1. The Morgan fingerprint density at radius 1 is 1.03 bits per heavy atom. The summed E-state index contributed by atoms with van der Waals surface area (Å²) in [5, 5.41) is 0. The number of nitrogens with zero attached hydrogens (tertiary/aromatic N) is 2. The summed E-state index contributed by atoms with van der Waals surface area (Å²) in [6.07, 6.45) is 2.96. The number of carbonyl (C=O) groups excluding carboxylic acids is 3. The number of rotatable bonds is 5. The van der Waals surface area contributed by atoms with E-state index in [1.807, 2.05) is 6.07 Å². The van der Waals surface area contributed by atoms with Gasteiger partial charge in [0.1, 0.15) is 17.2 Å². The van der Waals surface area contributed by atoms with Gasteiger partial charge >= 0.3 is 18.2 Å². The van der Waals surface area contributed by atoms with E-state index in [0.29, 0.717) is 10.6 Å². The molecule has 0 fully saturated rings. The lowest BCUT2D eigenvalue weighted by Crippen LogP contribution is -2.52. The summed E-state index contributed by atoms with van der Waals surface area (Å²) in [7, 11) is 1.18. The first-order valence-electron chi connectivity index (χ1n) is 9.24. The number of ether oxygens (including phenoxy) is 3. The van der Waals surface area contributed by atoms with Gasteiger partial charge in [0.15, 0.2) is 0 Å². The molecule has 1 unspecified atom stereocenters. The third-order valence-electron chi connectivity index (χ3n) is 3.30. The van der Waals surface area contributed by atoms with Gasteiger partial charge in [-0.25, -0.2) is 14.4 Å². The second-order valence-electron chi connectivity index (χ2n) is 8.26. The summed E-state index contributed by atoms with van der Waals surface area (Å²) in [5.74, 6) is -0.771. The van der Waals surface area contributed by atoms with Gasteiger partial charge < -0.3 is 14.2 Å². The molecule has 1 rings (SSSR count). The molecule has 0 aliphatic carbocycles. The fourth-order valence-corrected chi connectivity index (χ4v) is 2.19. The van der Waals surface area contributed by atoms with Crippen molar-refractivity contribution in [1.29, 1.82) is 0 Å². The van der Waals surface area contributed by atoms with Crippen LogP contribution in [0.15, 0.2) is 30.5 Å². The number of aromatic nitrogens is 1. The maximum atomic E-state index is 12.7. The third-order valence-corrected chi connectivity index (χ3v) is 3.30. The van der Waals surface area contributed by atoms with Crippen LogP contribution >= 0.6 is 0 Å². The van der Waals surface area contributed by atoms with Crippen molar-refractivity contribution in [3.63, 3.8) is 0 Å². The van der Waals surface area contributed by atoms with Gasteiger partial charge in [-0.15, -0.1) is 0 Å². The van der Waals surface area contributed by atoms with Gasteiger partial charge in [-0.2, -0.15) is 4.90 Å². The van der Waals surface area contributed by atoms with E-state index < -0.39 is 35.4 Å². The summed E-state index contributed by atoms with van der Waals surface area (Å²) in [6.45, 7) is 9.95. The molecular weight excluding hydrogens is 376 g/mol. The van der Waals surface area contributed by atoms with Crippen LogP contribution in [-0.2, 0) is 19.0 Å². The van der Waals surface area contributed by atoms with Gasteiger partial charge in [-0.05, 0) is 66.2 Å². The highest BCUT2D eigenvalue weighted by Gasteiger charge is 2.40. The van der Waals surface area contributed by atoms with E-state index in [-0.39, 0.29) is 6.42 Å². The Morgan fingerprint density at radius 2 is 1.59 bits per heavy atom. The zero-order valence-electron chi connectivity index (χ0n) is 18.1. The molecule has 1 aromatic heterocycles. The Bertz CT molecular complexity index is 704. The summed E-state index contributed by atoms with van der Waals surface area (Å²) < 4.78 is 15.4. The molecule has 160 valence electrons. The maximum absolute atomic E-state index is 12.7. The normalized spacial score (nSPS) is 12.9. The molecule has 0 aliphatic rings. The monoisotopic (exact) mass is 406 g/mol. The van der Waals surface area contributed by atoms with E-state index in [2.05, 4.69) is 4.98 Å². The van der Waals surface area contributed by atoms with E-state index in [4.69, 9.17) is 14.2 Å². The molecule has 0 aliphatic heterocycles. The number of esters is 1. The minimum Gasteiger partial charge on any atom is -0.467 e. The lowest BCUT2D eigenvalue weighted by Gasteiger charge is -2.31. The summed E-state index contributed by atoms with van der Waals surface area (Å²) in [5.41, 5.74) is -1.08. The predicted octanol–water partition coefficient (Wildman–Crippen LogP) is 4.20. The van der Waals surface area contributed by atoms with Crippen molar-refractivity contribution in [2.24, 2.45) is 0 Å². The Labute approximate surface area is 171 Å². The van der Waals surface area contributed by atoms with Gasteiger partial charge in [-0.1, -0.05) is 12.1 Å². The van der Waals surface area contributed by atoms with Crippen LogP contribution in [0.25, 0.3) is 6.08 Å². The Balaban J connectivity index is 3.20.